The monoisotopic (exact) mass is 210 g/mol. The molecule has 0 bridgehead atoms. The molecule has 0 aliphatic carbocycles. The fraction of sp³-hybridized carbons (Fsp3) is 0.727. The number of nitrogens with two attached hydrogens (primary N) is 1. The molecule has 0 radical (unpaired) electrons. The Morgan fingerprint density at radius 3 is 2.60 bits per heavy atom. The molecule has 86 valence electrons. The Kier molecular flexibility index (Phi) is 4.29. The van der Waals surface area contributed by atoms with Crippen LogP contribution in [0.3, 0.4) is 0 Å². The molecular formula is C11H22N4. The third kappa shape index (κ3) is 4.01. The molecule has 0 aromatic carbocycles. The summed E-state index contributed by atoms with van der Waals surface area (Å²) in [5.74, 6) is 0. The summed E-state index contributed by atoms with van der Waals surface area (Å²) < 4.78 is 1.98. The van der Waals surface area contributed by atoms with Crippen molar-refractivity contribution in [1.29, 1.82) is 0 Å². The Balaban J connectivity index is 2.49. The SMILES string of the molecule is CC(N)CN(C)Cc1ccn(C(C)C)n1. The van der Waals surface area contributed by atoms with Crippen LogP contribution in [0.5, 0.6) is 0 Å². The van der Waals surface area contributed by atoms with Crippen LogP contribution < -0.4 is 5.73 Å². The maximum atomic E-state index is 5.73. The number of aromatic nitrogens is 2. The molecule has 4 heteroatoms. The Hall–Kier alpha value is -0.870. The summed E-state index contributed by atoms with van der Waals surface area (Å²) in [6.07, 6.45) is 2.03. The number of nitrogens with zero attached hydrogens (tertiary/aromatic N) is 3. The molecule has 1 aromatic heterocycles. The third-order valence-electron chi connectivity index (χ3n) is 2.22. The average molecular weight is 210 g/mol. The molecular weight excluding hydrogens is 188 g/mol. The van der Waals surface area contributed by atoms with Crippen LogP contribution in [0, 0.1) is 0 Å². The lowest BCUT2D eigenvalue weighted by molar-refractivity contribution is 0.304. The molecule has 4 nitrogen and oxygen atoms in total. The summed E-state index contributed by atoms with van der Waals surface area (Å²) in [5.41, 5.74) is 6.84. The van der Waals surface area contributed by atoms with Crippen LogP contribution in [0.15, 0.2) is 12.3 Å². The summed E-state index contributed by atoms with van der Waals surface area (Å²) in [4.78, 5) is 2.19. The second-order valence-corrected chi connectivity index (χ2v) is 4.55. The largest absolute Gasteiger partial charge is 0.327 e. The molecule has 15 heavy (non-hydrogen) atoms. The highest BCUT2D eigenvalue weighted by molar-refractivity contribution is 4.99. The van der Waals surface area contributed by atoms with E-state index in [2.05, 4.69) is 37.0 Å². The van der Waals surface area contributed by atoms with Crippen LogP contribution >= 0.6 is 0 Å². The van der Waals surface area contributed by atoms with Crippen LogP contribution in [0.2, 0.25) is 0 Å². The van der Waals surface area contributed by atoms with E-state index in [1.807, 2.05) is 17.8 Å². The first-order chi connectivity index (χ1) is 6.99. The van der Waals surface area contributed by atoms with Gasteiger partial charge in [-0.1, -0.05) is 0 Å². The molecule has 0 aliphatic heterocycles. The molecule has 0 saturated carbocycles. The van der Waals surface area contributed by atoms with E-state index in [0.29, 0.717) is 6.04 Å². The van der Waals surface area contributed by atoms with Crippen LogP contribution in [0.4, 0.5) is 0 Å². The standard InChI is InChI=1S/C11H22N4/c1-9(2)15-6-5-11(13-15)8-14(4)7-10(3)12/h5-6,9-10H,7-8,12H2,1-4H3. The molecule has 1 atom stereocenters. The summed E-state index contributed by atoms with van der Waals surface area (Å²) in [6, 6.07) is 2.71. The maximum Gasteiger partial charge on any atom is 0.0764 e. The molecule has 0 aliphatic rings. The Labute approximate surface area is 92.1 Å². The van der Waals surface area contributed by atoms with Crippen molar-refractivity contribution in [2.45, 2.75) is 39.4 Å². The normalized spacial score (nSPS) is 13.8. The first-order valence-electron chi connectivity index (χ1n) is 5.47. The van der Waals surface area contributed by atoms with Crippen LogP contribution in [0.25, 0.3) is 0 Å². The van der Waals surface area contributed by atoms with Crippen LogP contribution in [0.1, 0.15) is 32.5 Å². The van der Waals surface area contributed by atoms with Gasteiger partial charge in [0.15, 0.2) is 0 Å². The van der Waals surface area contributed by atoms with Gasteiger partial charge < -0.3 is 5.73 Å². The van der Waals surface area contributed by atoms with Gasteiger partial charge in [0.05, 0.1) is 5.69 Å². The van der Waals surface area contributed by atoms with Crippen molar-refractivity contribution in [2.24, 2.45) is 5.73 Å². The predicted octanol–water partition coefficient (Wildman–Crippen LogP) is 1.24. The van der Waals surface area contributed by atoms with Gasteiger partial charge in [-0.05, 0) is 33.9 Å². The Morgan fingerprint density at radius 2 is 2.13 bits per heavy atom. The summed E-state index contributed by atoms with van der Waals surface area (Å²) in [5, 5.41) is 4.49. The number of rotatable bonds is 5. The fourth-order valence-electron chi connectivity index (χ4n) is 1.58. The predicted molar refractivity (Wildman–Crippen MR) is 62.6 cm³/mol. The minimum absolute atomic E-state index is 0.210. The molecule has 1 heterocycles. The zero-order valence-electron chi connectivity index (χ0n) is 10.1. The van der Waals surface area contributed by atoms with Crippen LogP contribution in [-0.4, -0.2) is 34.3 Å². The van der Waals surface area contributed by atoms with E-state index in [1.54, 1.807) is 0 Å². The van der Waals surface area contributed by atoms with Crippen LogP contribution in [-0.2, 0) is 6.54 Å². The first kappa shape index (κ1) is 12.2. The minimum atomic E-state index is 0.210. The Morgan fingerprint density at radius 1 is 1.47 bits per heavy atom. The van der Waals surface area contributed by atoms with E-state index in [0.717, 1.165) is 18.8 Å². The molecule has 1 rings (SSSR count). The van der Waals surface area contributed by atoms with Crippen molar-refractivity contribution in [3.05, 3.63) is 18.0 Å². The second kappa shape index (κ2) is 5.28. The van der Waals surface area contributed by atoms with Crippen molar-refractivity contribution in [3.8, 4) is 0 Å². The quantitative estimate of drug-likeness (QED) is 0.795. The Bertz CT molecular complexity index is 291. The van der Waals surface area contributed by atoms with Crippen molar-refractivity contribution in [2.75, 3.05) is 13.6 Å². The number of likely N-dealkylation sites (N-methyl/N-ethyl adjacent to an activating group) is 1. The van der Waals surface area contributed by atoms with E-state index in [9.17, 15) is 0 Å². The van der Waals surface area contributed by atoms with Crippen molar-refractivity contribution in [3.63, 3.8) is 0 Å². The van der Waals surface area contributed by atoms with E-state index < -0.39 is 0 Å². The molecule has 1 unspecified atom stereocenters. The van der Waals surface area contributed by atoms with Gasteiger partial charge >= 0.3 is 0 Å². The maximum absolute atomic E-state index is 5.73. The lowest BCUT2D eigenvalue weighted by Crippen LogP contribution is -2.32. The van der Waals surface area contributed by atoms with Gasteiger partial charge in [0.2, 0.25) is 0 Å². The van der Waals surface area contributed by atoms with E-state index in [4.69, 9.17) is 5.73 Å². The zero-order valence-corrected chi connectivity index (χ0v) is 10.1. The molecule has 0 fully saturated rings. The molecule has 0 saturated heterocycles. The first-order valence-corrected chi connectivity index (χ1v) is 5.47. The smallest absolute Gasteiger partial charge is 0.0764 e. The summed E-state index contributed by atoms with van der Waals surface area (Å²) in [6.45, 7) is 8.03. The second-order valence-electron chi connectivity index (χ2n) is 4.55. The van der Waals surface area contributed by atoms with Gasteiger partial charge in [0.25, 0.3) is 0 Å². The highest BCUT2D eigenvalue weighted by Gasteiger charge is 2.06. The lowest BCUT2D eigenvalue weighted by Gasteiger charge is -2.17. The highest BCUT2D eigenvalue weighted by Crippen LogP contribution is 2.05. The minimum Gasteiger partial charge on any atom is -0.327 e. The average Bonchev–Trinajstić information content (AvgIpc) is 2.50. The number of hydrogen-bond donors (Lipinski definition) is 1. The molecule has 0 spiro atoms. The summed E-state index contributed by atoms with van der Waals surface area (Å²) in [7, 11) is 2.07. The van der Waals surface area contributed by atoms with Gasteiger partial charge in [-0.25, -0.2) is 0 Å². The van der Waals surface area contributed by atoms with E-state index >= 15 is 0 Å². The van der Waals surface area contributed by atoms with Gasteiger partial charge in [0.1, 0.15) is 0 Å². The summed E-state index contributed by atoms with van der Waals surface area (Å²) >= 11 is 0. The fourth-order valence-corrected chi connectivity index (χ4v) is 1.58. The van der Waals surface area contributed by atoms with E-state index in [-0.39, 0.29) is 6.04 Å². The van der Waals surface area contributed by atoms with Gasteiger partial charge in [-0.3, -0.25) is 9.58 Å². The third-order valence-corrected chi connectivity index (χ3v) is 2.22. The van der Waals surface area contributed by atoms with Crippen molar-refractivity contribution >= 4 is 0 Å². The molecule has 2 N–H and O–H groups in total. The highest BCUT2D eigenvalue weighted by atomic mass is 15.3. The van der Waals surface area contributed by atoms with Crippen molar-refractivity contribution in [1.82, 2.24) is 14.7 Å². The van der Waals surface area contributed by atoms with Gasteiger partial charge in [0, 0.05) is 31.4 Å². The van der Waals surface area contributed by atoms with E-state index in [1.165, 1.54) is 0 Å². The number of hydrogen-bond acceptors (Lipinski definition) is 3. The van der Waals surface area contributed by atoms with Gasteiger partial charge in [-0.15, -0.1) is 0 Å². The topological polar surface area (TPSA) is 47.1 Å². The molecule has 1 aromatic rings. The lowest BCUT2D eigenvalue weighted by atomic mass is 10.3. The zero-order chi connectivity index (χ0) is 11.4. The molecule has 0 amide bonds. The van der Waals surface area contributed by atoms with Crippen molar-refractivity contribution < 1.29 is 0 Å². The van der Waals surface area contributed by atoms with Gasteiger partial charge in [-0.2, -0.15) is 5.10 Å².